The van der Waals surface area contributed by atoms with E-state index in [-0.39, 0.29) is 5.56 Å². The maximum absolute atomic E-state index is 12.9. The largest absolute Gasteiger partial charge is 0.493 e. The Morgan fingerprint density at radius 2 is 1.91 bits per heavy atom. The van der Waals surface area contributed by atoms with Gasteiger partial charge in [0.05, 0.1) is 12.7 Å². The lowest BCUT2D eigenvalue weighted by atomic mass is 10.2. The molecule has 0 fully saturated rings. The van der Waals surface area contributed by atoms with Crippen LogP contribution in [0.1, 0.15) is 15.9 Å². The van der Waals surface area contributed by atoms with E-state index in [1.54, 1.807) is 24.3 Å². The number of hydrogen-bond donors (Lipinski definition) is 1. The van der Waals surface area contributed by atoms with Crippen LogP contribution in [-0.2, 0) is 0 Å². The molecule has 0 saturated heterocycles. The summed E-state index contributed by atoms with van der Waals surface area (Å²) in [6.07, 6.45) is 3.65. The third-order valence-corrected chi connectivity index (χ3v) is 2.92. The summed E-state index contributed by atoms with van der Waals surface area (Å²) >= 11 is 0. The number of benzene rings is 2. The normalized spacial score (nSPS) is 10.7. The van der Waals surface area contributed by atoms with E-state index in [1.807, 2.05) is 6.08 Å². The summed E-state index contributed by atoms with van der Waals surface area (Å²) in [5.74, 6) is -0.273. The maximum atomic E-state index is 12.9. The third-order valence-electron chi connectivity index (χ3n) is 2.92. The molecule has 0 spiro atoms. The molecule has 114 valence electrons. The molecule has 2 aromatic rings. The lowest BCUT2D eigenvalue weighted by Crippen LogP contribution is -2.09. The smallest absolute Gasteiger partial charge is 0.343 e. The van der Waals surface area contributed by atoms with Crippen molar-refractivity contribution in [1.29, 1.82) is 0 Å². The van der Waals surface area contributed by atoms with E-state index < -0.39 is 11.8 Å². The van der Waals surface area contributed by atoms with Crippen molar-refractivity contribution >= 4 is 12.0 Å². The molecular weight excluding hydrogens is 285 g/mol. The molecule has 0 aliphatic carbocycles. The van der Waals surface area contributed by atoms with Crippen LogP contribution in [0.2, 0.25) is 0 Å². The fourth-order valence-corrected chi connectivity index (χ4v) is 1.82. The predicted molar refractivity (Wildman–Crippen MR) is 82.4 cm³/mol. The lowest BCUT2D eigenvalue weighted by molar-refractivity contribution is 0.0729. The third kappa shape index (κ3) is 3.93. The second-order valence-corrected chi connectivity index (χ2v) is 4.44. The highest BCUT2D eigenvalue weighted by Crippen LogP contribution is 2.29. The number of ether oxygens (including phenoxy) is 2. The number of carbonyl (C=O) groups excluding carboxylic acids is 1. The van der Waals surface area contributed by atoms with Gasteiger partial charge in [-0.2, -0.15) is 0 Å². The van der Waals surface area contributed by atoms with Crippen LogP contribution < -0.4 is 15.2 Å². The molecule has 0 aromatic heterocycles. The van der Waals surface area contributed by atoms with Crippen molar-refractivity contribution < 1.29 is 18.7 Å². The highest BCUT2D eigenvalue weighted by molar-refractivity contribution is 5.91. The van der Waals surface area contributed by atoms with E-state index in [0.29, 0.717) is 18.0 Å². The molecule has 22 heavy (non-hydrogen) atoms. The summed E-state index contributed by atoms with van der Waals surface area (Å²) < 4.78 is 23.4. The van der Waals surface area contributed by atoms with Crippen molar-refractivity contribution in [2.75, 3.05) is 13.7 Å². The van der Waals surface area contributed by atoms with Crippen LogP contribution >= 0.6 is 0 Å². The van der Waals surface area contributed by atoms with Gasteiger partial charge in [-0.1, -0.05) is 18.2 Å². The highest BCUT2D eigenvalue weighted by atomic mass is 19.1. The molecule has 0 atom stereocenters. The van der Waals surface area contributed by atoms with Gasteiger partial charge in [0.15, 0.2) is 11.5 Å². The van der Waals surface area contributed by atoms with E-state index in [0.717, 1.165) is 5.56 Å². The van der Waals surface area contributed by atoms with E-state index in [9.17, 15) is 9.18 Å². The average Bonchev–Trinajstić information content (AvgIpc) is 2.54. The molecular formula is C17H16FNO3. The second-order valence-electron chi connectivity index (χ2n) is 4.44. The molecule has 2 aromatic carbocycles. The van der Waals surface area contributed by atoms with Crippen LogP contribution in [0.4, 0.5) is 4.39 Å². The Labute approximate surface area is 128 Å². The van der Waals surface area contributed by atoms with Crippen LogP contribution in [0.3, 0.4) is 0 Å². The van der Waals surface area contributed by atoms with Crippen LogP contribution in [0.15, 0.2) is 48.5 Å². The average molecular weight is 301 g/mol. The molecule has 0 radical (unpaired) electrons. The van der Waals surface area contributed by atoms with Gasteiger partial charge in [0.1, 0.15) is 5.82 Å². The zero-order valence-electron chi connectivity index (χ0n) is 12.1. The Bertz CT molecular complexity index is 681. The van der Waals surface area contributed by atoms with Gasteiger partial charge < -0.3 is 15.2 Å². The Hall–Kier alpha value is -2.66. The summed E-state index contributed by atoms with van der Waals surface area (Å²) in [4.78, 5) is 12.0. The SMILES string of the molecule is COc1cc(C=CCN)ccc1OC(=O)c1ccc(F)cc1. The molecule has 0 heterocycles. The summed E-state index contributed by atoms with van der Waals surface area (Å²) in [6, 6.07) is 10.3. The number of halogens is 1. The standard InChI is InChI=1S/C17H16FNO3/c1-21-16-11-12(3-2-10-19)4-9-15(16)22-17(20)13-5-7-14(18)8-6-13/h2-9,11H,10,19H2,1H3. The molecule has 4 nitrogen and oxygen atoms in total. The Morgan fingerprint density at radius 3 is 2.55 bits per heavy atom. The molecule has 2 rings (SSSR count). The number of hydrogen-bond acceptors (Lipinski definition) is 4. The fraction of sp³-hybridized carbons (Fsp3) is 0.118. The summed E-state index contributed by atoms with van der Waals surface area (Å²) in [7, 11) is 1.49. The van der Waals surface area contributed by atoms with Gasteiger partial charge in [0.25, 0.3) is 0 Å². The minimum Gasteiger partial charge on any atom is -0.493 e. The van der Waals surface area contributed by atoms with Gasteiger partial charge in [0, 0.05) is 6.54 Å². The first-order valence-corrected chi connectivity index (χ1v) is 6.66. The lowest BCUT2D eigenvalue weighted by Gasteiger charge is -2.10. The highest BCUT2D eigenvalue weighted by Gasteiger charge is 2.12. The summed E-state index contributed by atoms with van der Waals surface area (Å²) in [5, 5.41) is 0. The van der Waals surface area contributed by atoms with Crippen LogP contribution in [0.25, 0.3) is 6.08 Å². The van der Waals surface area contributed by atoms with Gasteiger partial charge in [-0.15, -0.1) is 0 Å². The van der Waals surface area contributed by atoms with Crippen molar-refractivity contribution in [2.45, 2.75) is 0 Å². The van der Waals surface area contributed by atoms with Crippen LogP contribution in [0.5, 0.6) is 11.5 Å². The number of nitrogens with two attached hydrogens (primary N) is 1. The second kappa shape index (κ2) is 7.38. The molecule has 0 unspecified atom stereocenters. The number of rotatable bonds is 5. The minimum absolute atomic E-state index is 0.260. The molecule has 5 heteroatoms. The van der Waals surface area contributed by atoms with Crippen molar-refractivity contribution in [3.63, 3.8) is 0 Å². The van der Waals surface area contributed by atoms with E-state index in [1.165, 1.54) is 31.4 Å². The Balaban J connectivity index is 2.19. The Kier molecular flexibility index (Phi) is 5.27. The van der Waals surface area contributed by atoms with Gasteiger partial charge in [0.2, 0.25) is 0 Å². The van der Waals surface area contributed by atoms with E-state index in [2.05, 4.69) is 0 Å². The fourth-order valence-electron chi connectivity index (χ4n) is 1.82. The molecule has 0 aliphatic rings. The van der Waals surface area contributed by atoms with Gasteiger partial charge >= 0.3 is 5.97 Å². The molecule has 0 saturated carbocycles. The van der Waals surface area contributed by atoms with Crippen LogP contribution in [0, 0.1) is 5.82 Å². The van der Waals surface area contributed by atoms with Gasteiger partial charge in [-0.25, -0.2) is 9.18 Å². The zero-order chi connectivity index (χ0) is 15.9. The quantitative estimate of drug-likeness (QED) is 0.681. The summed E-state index contributed by atoms with van der Waals surface area (Å²) in [5.41, 5.74) is 6.54. The molecule has 2 N–H and O–H groups in total. The molecule has 0 amide bonds. The monoisotopic (exact) mass is 301 g/mol. The van der Waals surface area contributed by atoms with Crippen molar-refractivity contribution in [1.82, 2.24) is 0 Å². The van der Waals surface area contributed by atoms with E-state index in [4.69, 9.17) is 15.2 Å². The number of carbonyl (C=O) groups is 1. The van der Waals surface area contributed by atoms with Crippen LogP contribution in [-0.4, -0.2) is 19.6 Å². The van der Waals surface area contributed by atoms with Gasteiger partial charge in [-0.05, 0) is 42.0 Å². The summed E-state index contributed by atoms with van der Waals surface area (Å²) in [6.45, 7) is 0.434. The number of methoxy groups -OCH3 is 1. The topological polar surface area (TPSA) is 61.6 Å². The first-order chi connectivity index (χ1) is 10.6. The van der Waals surface area contributed by atoms with Gasteiger partial charge in [-0.3, -0.25) is 0 Å². The minimum atomic E-state index is -0.580. The Morgan fingerprint density at radius 1 is 1.18 bits per heavy atom. The van der Waals surface area contributed by atoms with Crippen molar-refractivity contribution in [2.24, 2.45) is 5.73 Å². The first-order valence-electron chi connectivity index (χ1n) is 6.66. The number of esters is 1. The molecule has 0 bridgehead atoms. The van der Waals surface area contributed by atoms with Crippen molar-refractivity contribution in [3.8, 4) is 11.5 Å². The molecule has 0 aliphatic heterocycles. The first kappa shape index (κ1) is 15.7. The zero-order valence-corrected chi connectivity index (χ0v) is 12.1. The predicted octanol–water partition coefficient (Wildman–Crippen LogP) is 3.03. The maximum Gasteiger partial charge on any atom is 0.343 e. The van der Waals surface area contributed by atoms with E-state index >= 15 is 0 Å². The van der Waals surface area contributed by atoms with Crippen molar-refractivity contribution in [3.05, 3.63) is 65.5 Å².